The molecule has 2 rings (SSSR count). The van der Waals surface area contributed by atoms with Crippen molar-refractivity contribution in [1.82, 2.24) is 4.72 Å². The maximum atomic E-state index is 13.9. The number of halogens is 1. The first-order chi connectivity index (χ1) is 9.66. The highest BCUT2D eigenvalue weighted by molar-refractivity contribution is 7.90. The maximum Gasteiger partial charge on any atom is 0.305 e. The third-order valence-electron chi connectivity index (χ3n) is 3.73. The molecular weight excluding hydrogens is 293 g/mol. The molecule has 1 aromatic rings. The molecule has 0 heterocycles. The highest BCUT2D eigenvalue weighted by Crippen LogP contribution is 2.42. The number of hydrogen-bond donors (Lipinski definition) is 2. The van der Waals surface area contributed by atoms with Gasteiger partial charge in [0.25, 0.3) is 0 Å². The Morgan fingerprint density at radius 1 is 1.52 bits per heavy atom. The Morgan fingerprint density at radius 2 is 2.19 bits per heavy atom. The van der Waals surface area contributed by atoms with Gasteiger partial charge in [-0.05, 0) is 50.8 Å². The standard InChI is InChI=1S/C15H20FNO3S/c1-14(2,3)21(20)17-15(9-13(18)19)8-7-10-11(15)5-4-6-12(10)16/h4-6,17H,7-9H2,1-3H3,(H,18,19)/t15-,21?/m1/s1. The average Bonchev–Trinajstić information content (AvgIpc) is 2.68. The van der Waals surface area contributed by atoms with Crippen LogP contribution >= 0.6 is 0 Å². The fourth-order valence-corrected chi connectivity index (χ4v) is 3.59. The van der Waals surface area contributed by atoms with Crippen molar-refractivity contribution in [3.63, 3.8) is 0 Å². The molecule has 1 aliphatic rings. The average molecular weight is 313 g/mol. The summed E-state index contributed by atoms with van der Waals surface area (Å²) < 4.78 is 28.8. The second-order valence-electron chi connectivity index (χ2n) is 6.40. The van der Waals surface area contributed by atoms with Gasteiger partial charge in [-0.1, -0.05) is 12.1 Å². The molecule has 0 aromatic heterocycles. The molecule has 1 aromatic carbocycles. The van der Waals surface area contributed by atoms with E-state index in [1.54, 1.807) is 12.1 Å². The Bertz CT molecular complexity index is 558. The van der Waals surface area contributed by atoms with Gasteiger partial charge in [-0.3, -0.25) is 4.79 Å². The molecular formula is C15H20FNO3S. The summed E-state index contributed by atoms with van der Waals surface area (Å²) in [5, 5.41) is 9.22. The van der Waals surface area contributed by atoms with Crippen LogP contribution in [0.25, 0.3) is 0 Å². The van der Waals surface area contributed by atoms with Gasteiger partial charge in [0.05, 0.1) is 12.0 Å². The predicted octanol–water partition coefficient (Wildman–Crippen LogP) is 2.49. The van der Waals surface area contributed by atoms with Gasteiger partial charge >= 0.3 is 5.97 Å². The Balaban J connectivity index is 2.42. The van der Waals surface area contributed by atoms with Gasteiger partial charge in [0.2, 0.25) is 0 Å². The highest BCUT2D eigenvalue weighted by Gasteiger charge is 2.47. The van der Waals surface area contributed by atoms with E-state index in [0.29, 0.717) is 24.0 Å². The van der Waals surface area contributed by atoms with E-state index >= 15 is 0 Å². The van der Waals surface area contributed by atoms with E-state index in [9.17, 15) is 18.8 Å². The zero-order chi connectivity index (χ0) is 15.8. The third-order valence-corrected chi connectivity index (χ3v) is 5.42. The fraction of sp³-hybridized carbons (Fsp3) is 0.533. The lowest BCUT2D eigenvalue weighted by molar-refractivity contribution is -0.138. The first-order valence-corrected chi connectivity index (χ1v) is 8.00. The zero-order valence-corrected chi connectivity index (χ0v) is 13.2. The number of nitrogens with one attached hydrogen (secondary N) is 1. The van der Waals surface area contributed by atoms with Crippen LogP contribution in [0.4, 0.5) is 4.39 Å². The molecule has 6 heteroatoms. The van der Waals surface area contributed by atoms with E-state index in [1.807, 2.05) is 20.8 Å². The third kappa shape index (κ3) is 3.22. The van der Waals surface area contributed by atoms with E-state index in [2.05, 4.69) is 4.72 Å². The summed E-state index contributed by atoms with van der Waals surface area (Å²) in [6.45, 7) is 5.43. The Hall–Kier alpha value is -1.11. The van der Waals surface area contributed by atoms with Gasteiger partial charge in [0, 0.05) is 11.4 Å². The summed E-state index contributed by atoms with van der Waals surface area (Å²) in [5.74, 6) is -1.33. The van der Waals surface area contributed by atoms with E-state index in [4.69, 9.17) is 0 Å². The van der Waals surface area contributed by atoms with E-state index in [1.165, 1.54) is 6.07 Å². The minimum absolute atomic E-state index is 0.217. The van der Waals surface area contributed by atoms with Crippen molar-refractivity contribution in [1.29, 1.82) is 0 Å². The summed E-state index contributed by atoms with van der Waals surface area (Å²) >= 11 is -1.43. The lowest BCUT2D eigenvalue weighted by Crippen LogP contribution is -2.51. The number of carboxylic acids is 1. The molecule has 116 valence electrons. The van der Waals surface area contributed by atoms with Gasteiger partial charge in [-0.2, -0.15) is 0 Å². The van der Waals surface area contributed by atoms with E-state index in [0.717, 1.165) is 0 Å². The second-order valence-corrected chi connectivity index (χ2v) is 8.37. The van der Waals surface area contributed by atoms with Gasteiger partial charge in [0.15, 0.2) is 0 Å². The van der Waals surface area contributed by atoms with Crippen LogP contribution < -0.4 is 4.72 Å². The Morgan fingerprint density at radius 3 is 2.76 bits per heavy atom. The van der Waals surface area contributed by atoms with Crippen LogP contribution in [0.1, 0.15) is 44.7 Å². The van der Waals surface area contributed by atoms with Crippen molar-refractivity contribution < 1.29 is 18.8 Å². The SMILES string of the molecule is CC(C)(C)[S+]([O-])N[C@@]1(CC(=O)O)CCc2c(F)cccc21. The van der Waals surface area contributed by atoms with Gasteiger partial charge < -0.3 is 9.66 Å². The van der Waals surface area contributed by atoms with Crippen molar-refractivity contribution >= 4 is 17.3 Å². The summed E-state index contributed by atoms with van der Waals surface area (Å²) in [4.78, 5) is 11.3. The first kappa shape index (κ1) is 16.3. The molecule has 0 bridgehead atoms. The molecule has 4 nitrogen and oxygen atoms in total. The molecule has 0 saturated carbocycles. The number of fused-ring (bicyclic) bond motifs is 1. The van der Waals surface area contributed by atoms with Crippen LogP contribution in [0.3, 0.4) is 0 Å². The van der Waals surface area contributed by atoms with Crippen molar-refractivity contribution in [2.75, 3.05) is 0 Å². The molecule has 1 unspecified atom stereocenters. The topological polar surface area (TPSA) is 72.4 Å². The molecule has 0 aliphatic heterocycles. The van der Waals surface area contributed by atoms with Gasteiger partial charge in [-0.15, -0.1) is 4.72 Å². The normalized spacial score (nSPS) is 22.9. The first-order valence-electron chi connectivity index (χ1n) is 6.85. The molecule has 1 aliphatic carbocycles. The number of aliphatic carboxylic acids is 1. The van der Waals surface area contributed by atoms with Crippen LogP contribution in [0.2, 0.25) is 0 Å². The molecule has 2 atom stereocenters. The minimum atomic E-state index is -1.43. The summed E-state index contributed by atoms with van der Waals surface area (Å²) in [7, 11) is 0. The number of hydrogen-bond acceptors (Lipinski definition) is 3. The fourth-order valence-electron chi connectivity index (χ4n) is 2.65. The largest absolute Gasteiger partial charge is 0.598 e. The lowest BCUT2D eigenvalue weighted by Gasteiger charge is -2.34. The van der Waals surface area contributed by atoms with Crippen molar-refractivity contribution in [2.45, 2.75) is 50.3 Å². The van der Waals surface area contributed by atoms with Crippen LogP contribution in [0, 0.1) is 5.82 Å². The Kier molecular flexibility index (Phi) is 4.33. The second kappa shape index (κ2) is 5.59. The molecule has 0 spiro atoms. The van der Waals surface area contributed by atoms with Crippen LogP contribution in [-0.2, 0) is 28.1 Å². The van der Waals surface area contributed by atoms with Crippen molar-refractivity contribution in [2.24, 2.45) is 0 Å². The summed E-state index contributed by atoms with van der Waals surface area (Å²) in [5.41, 5.74) is 0.168. The van der Waals surface area contributed by atoms with Crippen LogP contribution in [0.5, 0.6) is 0 Å². The monoisotopic (exact) mass is 313 g/mol. The molecule has 0 amide bonds. The minimum Gasteiger partial charge on any atom is -0.598 e. The number of rotatable bonds is 4. The number of benzene rings is 1. The van der Waals surface area contributed by atoms with E-state index in [-0.39, 0.29) is 12.2 Å². The predicted molar refractivity (Wildman–Crippen MR) is 79.7 cm³/mol. The van der Waals surface area contributed by atoms with Gasteiger partial charge in [-0.25, -0.2) is 4.39 Å². The number of carboxylic acid groups (broad SMARTS) is 1. The smallest absolute Gasteiger partial charge is 0.305 e. The van der Waals surface area contributed by atoms with Crippen LogP contribution in [-0.4, -0.2) is 20.4 Å². The highest BCUT2D eigenvalue weighted by atomic mass is 32.2. The molecule has 0 fully saturated rings. The Labute approximate surface area is 127 Å². The molecule has 0 saturated heterocycles. The van der Waals surface area contributed by atoms with Crippen molar-refractivity contribution in [3.05, 3.63) is 35.1 Å². The number of carbonyl (C=O) groups is 1. The van der Waals surface area contributed by atoms with Crippen LogP contribution in [0.15, 0.2) is 18.2 Å². The van der Waals surface area contributed by atoms with E-state index < -0.39 is 27.6 Å². The molecule has 0 radical (unpaired) electrons. The zero-order valence-electron chi connectivity index (χ0n) is 12.4. The molecule has 2 N–H and O–H groups in total. The molecule has 21 heavy (non-hydrogen) atoms. The maximum absolute atomic E-state index is 13.9. The quantitative estimate of drug-likeness (QED) is 0.838. The summed E-state index contributed by atoms with van der Waals surface area (Å²) in [6, 6.07) is 4.66. The van der Waals surface area contributed by atoms with Gasteiger partial charge in [0.1, 0.15) is 10.6 Å². The lowest BCUT2D eigenvalue weighted by atomic mass is 9.89. The van der Waals surface area contributed by atoms with Crippen molar-refractivity contribution in [3.8, 4) is 0 Å². The summed E-state index contributed by atoms with van der Waals surface area (Å²) in [6.07, 6.45) is 0.659.